The molecule has 0 bridgehead atoms. The summed E-state index contributed by atoms with van der Waals surface area (Å²) in [6.07, 6.45) is 1.84. The lowest BCUT2D eigenvalue weighted by Gasteiger charge is -2.20. The highest BCUT2D eigenvalue weighted by Crippen LogP contribution is 2.05. The molecule has 0 unspecified atom stereocenters. The van der Waals surface area contributed by atoms with Gasteiger partial charge in [0.05, 0.1) is 5.56 Å². The third-order valence-corrected chi connectivity index (χ3v) is 3.44. The average molecular weight is 309 g/mol. The number of hydrogen-bond acceptors (Lipinski definition) is 4. The van der Waals surface area contributed by atoms with Crippen LogP contribution >= 0.6 is 0 Å². The zero-order valence-corrected chi connectivity index (χ0v) is 13.1. The van der Waals surface area contributed by atoms with E-state index in [4.69, 9.17) is 10.00 Å². The van der Waals surface area contributed by atoms with Crippen LogP contribution < -0.4 is 0 Å². The van der Waals surface area contributed by atoms with Crippen molar-refractivity contribution < 1.29 is 9.53 Å². The Labute approximate surface area is 136 Å². The maximum Gasteiger partial charge on any atom is 0.410 e. The number of nitrogens with zero attached hydrogens (tertiary/aromatic N) is 3. The van der Waals surface area contributed by atoms with Crippen LogP contribution in [-0.4, -0.2) is 29.1 Å². The Balaban J connectivity index is 1.83. The summed E-state index contributed by atoms with van der Waals surface area (Å²) >= 11 is 0. The summed E-state index contributed by atoms with van der Waals surface area (Å²) in [4.78, 5) is 18.0. The molecule has 118 valence electrons. The molecule has 2 rings (SSSR count). The van der Waals surface area contributed by atoms with Gasteiger partial charge in [-0.15, -0.1) is 0 Å². The van der Waals surface area contributed by atoms with Crippen LogP contribution in [0.15, 0.2) is 48.7 Å². The first-order valence-corrected chi connectivity index (χ1v) is 7.53. The third-order valence-electron chi connectivity index (χ3n) is 3.44. The molecule has 5 nitrogen and oxygen atoms in total. The number of carbonyl (C=O) groups excluding carboxylic acids is 1. The number of likely N-dealkylation sites (N-methyl/N-ethyl adjacent to an activating group) is 1. The summed E-state index contributed by atoms with van der Waals surface area (Å²) in [7, 11) is 0. The van der Waals surface area contributed by atoms with E-state index in [0.717, 1.165) is 11.3 Å². The molecule has 0 aliphatic carbocycles. The zero-order valence-electron chi connectivity index (χ0n) is 13.1. The minimum absolute atomic E-state index is 0.269. The van der Waals surface area contributed by atoms with Gasteiger partial charge in [-0.2, -0.15) is 5.26 Å². The maximum absolute atomic E-state index is 12.1. The second-order valence-corrected chi connectivity index (χ2v) is 5.02. The van der Waals surface area contributed by atoms with Crippen molar-refractivity contribution in [1.82, 2.24) is 9.88 Å². The highest BCUT2D eigenvalue weighted by Gasteiger charge is 2.13. The minimum Gasteiger partial charge on any atom is -0.445 e. The molecule has 23 heavy (non-hydrogen) atoms. The number of ether oxygens (including phenoxy) is 1. The van der Waals surface area contributed by atoms with Gasteiger partial charge in [0.15, 0.2) is 0 Å². The van der Waals surface area contributed by atoms with Crippen LogP contribution in [0.3, 0.4) is 0 Å². The number of pyridine rings is 1. The van der Waals surface area contributed by atoms with Gasteiger partial charge in [-0.05, 0) is 24.6 Å². The van der Waals surface area contributed by atoms with Gasteiger partial charge in [-0.1, -0.05) is 30.3 Å². The largest absolute Gasteiger partial charge is 0.445 e. The van der Waals surface area contributed by atoms with E-state index in [2.05, 4.69) is 4.98 Å². The van der Waals surface area contributed by atoms with Gasteiger partial charge in [0.1, 0.15) is 12.7 Å². The van der Waals surface area contributed by atoms with E-state index in [-0.39, 0.29) is 12.7 Å². The fourth-order valence-electron chi connectivity index (χ4n) is 2.08. The molecule has 0 aliphatic rings. The molecule has 1 aromatic heterocycles. The average Bonchev–Trinajstić information content (AvgIpc) is 2.62. The van der Waals surface area contributed by atoms with E-state index in [1.165, 1.54) is 0 Å². The molecule has 2 aromatic rings. The Hall–Kier alpha value is -2.87. The SMILES string of the molecule is CCN(CCc1ccc(C#N)cn1)C(=O)OCc1ccccc1. The lowest BCUT2D eigenvalue weighted by molar-refractivity contribution is 0.0983. The van der Waals surface area contributed by atoms with Crippen molar-refractivity contribution in [3.63, 3.8) is 0 Å². The van der Waals surface area contributed by atoms with Gasteiger partial charge < -0.3 is 9.64 Å². The Morgan fingerprint density at radius 2 is 2.04 bits per heavy atom. The second-order valence-electron chi connectivity index (χ2n) is 5.02. The summed E-state index contributed by atoms with van der Waals surface area (Å²) in [6, 6.07) is 15.2. The summed E-state index contributed by atoms with van der Waals surface area (Å²) in [6.45, 7) is 3.29. The van der Waals surface area contributed by atoms with Crippen molar-refractivity contribution >= 4 is 6.09 Å². The number of benzene rings is 1. The first-order valence-electron chi connectivity index (χ1n) is 7.53. The monoisotopic (exact) mass is 309 g/mol. The molecular weight excluding hydrogens is 290 g/mol. The predicted octanol–water partition coefficient (Wildman–Crippen LogP) is 3.15. The van der Waals surface area contributed by atoms with Crippen LogP contribution in [0.4, 0.5) is 4.79 Å². The van der Waals surface area contributed by atoms with Crippen molar-refractivity contribution in [2.75, 3.05) is 13.1 Å². The van der Waals surface area contributed by atoms with Crippen molar-refractivity contribution in [3.05, 3.63) is 65.5 Å². The van der Waals surface area contributed by atoms with Crippen LogP contribution in [0.1, 0.15) is 23.7 Å². The number of nitriles is 1. The van der Waals surface area contributed by atoms with E-state index in [1.54, 1.807) is 17.2 Å². The number of hydrogen-bond donors (Lipinski definition) is 0. The second kappa shape index (κ2) is 8.54. The molecule has 0 fully saturated rings. The van der Waals surface area contributed by atoms with Crippen molar-refractivity contribution in [2.24, 2.45) is 0 Å². The number of rotatable bonds is 6. The molecule has 0 N–H and O–H groups in total. The highest BCUT2D eigenvalue weighted by atomic mass is 16.6. The molecule has 1 aromatic carbocycles. The topological polar surface area (TPSA) is 66.2 Å². The smallest absolute Gasteiger partial charge is 0.410 e. The van der Waals surface area contributed by atoms with Crippen LogP contribution in [0.2, 0.25) is 0 Å². The first kappa shape index (κ1) is 16.5. The molecule has 0 radical (unpaired) electrons. The number of amides is 1. The molecule has 1 heterocycles. The zero-order chi connectivity index (χ0) is 16.5. The van der Waals surface area contributed by atoms with Gasteiger partial charge in [0, 0.05) is 31.4 Å². The Kier molecular flexibility index (Phi) is 6.13. The normalized spacial score (nSPS) is 9.91. The summed E-state index contributed by atoms with van der Waals surface area (Å²) in [5.74, 6) is 0. The Bertz CT molecular complexity index is 663. The van der Waals surface area contributed by atoms with Gasteiger partial charge in [0.2, 0.25) is 0 Å². The van der Waals surface area contributed by atoms with Crippen LogP contribution in [0.25, 0.3) is 0 Å². The van der Waals surface area contributed by atoms with Crippen LogP contribution in [-0.2, 0) is 17.8 Å². The molecular formula is C18H19N3O2. The molecule has 5 heteroatoms. The molecule has 1 amide bonds. The molecule has 0 saturated carbocycles. The molecule has 0 atom stereocenters. The summed E-state index contributed by atoms with van der Waals surface area (Å²) in [5.41, 5.74) is 2.34. The van der Waals surface area contributed by atoms with Gasteiger partial charge in [-0.25, -0.2) is 4.79 Å². The van der Waals surface area contributed by atoms with E-state index < -0.39 is 0 Å². The first-order chi connectivity index (χ1) is 11.2. The molecule has 0 aliphatic heterocycles. The lowest BCUT2D eigenvalue weighted by atomic mass is 10.2. The summed E-state index contributed by atoms with van der Waals surface area (Å²) in [5, 5.41) is 8.75. The van der Waals surface area contributed by atoms with E-state index in [1.807, 2.05) is 49.4 Å². The van der Waals surface area contributed by atoms with Gasteiger partial charge in [-0.3, -0.25) is 4.98 Å². The maximum atomic E-state index is 12.1. The van der Waals surface area contributed by atoms with Gasteiger partial charge in [0.25, 0.3) is 0 Å². The Morgan fingerprint density at radius 3 is 2.65 bits per heavy atom. The van der Waals surface area contributed by atoms with Crippen molar-refractivity contribution in [3.8, 4) is 6.07 Å². The quantitative estimate of drug-likeness (QED) is 0.822. The van der Waals surface area contributed by atoms with Crippen molar-refractivity contribution in [2.45, 2.75) is 20.0 Å². The van der Waals surface area contributed by atoms with Crippen molar-refractivity contribution in [1.29, 1.82) is 5.26 Å². The fourth-order valence-corrected chi connectivity index (χ4v) is 2.08. The fraction of sp³-hybridized carbons (Fsp3) is 0.278. The molecule has 0 spiro atoms. The van der Waals surface area contributed by atoms with Crippen LogP contribution in [0.5, 0.6) is 0 Å². The predicted molar refractivity (Wildman–Crippen MR) is 86.5 cm³/mol. The Morgan fingerprint density at radius 1 is 1.26 bits per heavy atom. The minimum atomic E-state index is -0.329. The third kappa shape index (κ3) is 5.11. The standard InChI is InChI=1S/C18H19N3O2/c1-2-21(11-10-17-9-8-16(12-19)13-20-17)18(22)23-14-15-6-4-3-5-7-15/h3-9,13H,2,10-11,14H2,1H3. The number of carbonyl (C=O) groups is 1. The van der Waals surface area contributed by atoms with Crippen LogP contribution in [0, 0.1) is 11.3 Å². The molecule has 0 saturated heterocycles. The number of aromatic nitrogens is 1. The van der Waals surface area contributed by atoms with E-state index >= 15 is 0 Å². The summed E-state index contributed by atoms with van der Waals surface area (Å²) < 4.78 is 5.33. The lowest BCUT2D eigenvalue weighted by Crippen LogP contribution is -2.33. The van der Waals surface area contributed by atoms with E-state index in [0.29, 0.717) is 25.1 Å². The van der Waals surface area contributed by atoms with Gasteiger partial charge >= 0.3 is 6.09 Å². The highest BCUT2D eigenvalue weighted by molar-refractivity contribution is 5.67. The van der Waals surface area contributed by atoms with E-state index in [9.17, 15) is 4.79 Å².